The van der Waals surface area contributed by atoms with E-state index < -0.39 is 0 Å². The van der Waals surface area contributed by atoms with Crippen LogP contribution < -0.4 is 5.73 Å². The van der Waals surface area contributed by atoms with Crippen LogP contribution in [-0.2, 0) is 11.3 Å². The molecule has 6 heteroatoms. The van der Waals surface area contributed by atoms with Gasteiger partial charge in [0, 0.05) is 23.5 Å². The van der Waals surface area contributed by atoms with Gasteiger partial charge in [-0.05, 0) is 6.92 Å². The van der Waals surface area contributed by atoms with Crippen molar-refractivity contribution in [3.05, 3.63) is 40.9 Å². The van der Waals surface area contributed by atoms with Crippen LogP contribution in [0.1, 0.15) is 10.6 Å². The van der Waals surface area contributed by atoms with Crippen LogP contribution in [0.25, 0.3) is 10.6 Å². The number of aryl methyl sites for hydroxylation is 1. The van der Waals surface area contributed by atoms with Gasteiger partial charge in [0.1, 0.15) is 5.01 Å². The van der Waals surface area contributed by atoms with Crippen molar-refractivity contribution in [2.45, 2.75) is 13.5 Å². The van der Waals surface area contributed by atoms with E-state index in [0.717, 1.165) is 34.2 Å². The minimum atomic E-state index is 0.583. The molecule has 2 heterocycles. The number of aromatic nitrogens is 1. The first kappa shape index (κ1) is 15.0. The monoisotopic (exact) mass is 316 g/mol. The number of thiazole rings is 1. The summed E-state index contributed by atoms with van der Waals surface area (Å²) in [5.41, 5.74) is 8.24. The summed E-state index contributed by atoms with van der Waals surface area (Å²) in [7, 11) is 0. The van der Waals surface area contributed by atoms with Crippen LogP contribution in [0.5, 0.6) is 0 Å². The van der Waals surface area contributed by atoms with Gasteiger partial charge in [0.2, 0.25) is 0 Å². The smallest absolute Gasteiger partial charge is 0.191 e. The highest BCUT2D eigenvalue weighted by Gasteiger charge is 2.13. The van der Waals surface area contributed by atoms with Crippen molar-refractivity contribution in [1.82, 2.24) is 9.88 Å². The topological polar surface area (TPSA) is 63.7 Å². The van der Waals surface area contributed by atoms with Crippen LogP contribution in [-0.4, -0.2) is 42.1 Å². The van der Waals surface area contributed by atoms with Gasteiger partial charge in [-0.25, -0.2) is 9.98 Å². The highest BCUT2D eigenvalue weighted by Crippen LogP contribution is 2.28. The number of benzene rings is 1. The molecule has 0 spiro atoms. The van der Waals surface area contributed by atoms with Crippen LogP contribution in [0, 0.1) is 6.92 Å². The Labute approximate surface area is 134 Å². The Morgan fingerprint density at radius 1 is 1.32 bits per heavy atom. The fourth-order valence-corrected chi connectivity index (χ4v) is 3.32. The number of hydrogen-bond acceptors (Lipinski definition) is 4. The van der Waals surface area contributed by atoms with Gasteiger partial charge in [0.25, 0.3) is 0 Å². The Morgan fingerprint density at radius 2 is 2.05 bits per heavy atom. The van der Waals surface area contributed by atoms with Gasteiger partial charge in [0.15, 0.2) is 5.96 Å². The Morgan fingerprint density at radius 3 is 2.77 bits per heavy atom. The van der Waals surface area contributed by atoms with Crippen molar-refractivity contribution in [3.8, 4) is 10.6 Å². The SMILES string of the molecule is Cc1nc(-c2ccccc2)sc1CN=C(N)N1CCOCC1. The molecule has 1 aromatic carbocycles. The lowest BCUT2D eigenvalue weighted by molar-refractivity contribution is 0.0674. The number of rotatable bonds is 3. The summed E-state index contributed by atoms with van der Waals surface area (Å²) in [6, 6.07) is 10.2. The lowest BCUT2D eigenvalue weighted by Gasteiger charge is -2.27. The molecule has 116 valence electrons. The normalized spacial score (nSPS) is 16.0. The van der Waals surface area contributed by atoms with Crippen LogP contribution in [0.2, 0.25) is 0 Å². The summed E-state index contributed by atoms with van der Waals surface area (Å²) in [4.78, 5) is 12.4. The molecule has 0 unspecified atom stereocenters. The molecule has 0 aliphatic carbocycles. The summed E-state index contributed by atoms with van der Waals surface area (Å²) < 4.78 is 5.32. The van der Waals surface area contributed by atoms with Crippen molar-refractivity contribution in [2.24, 2.45) is 10.7 Å². The lowest BCUT2D eigenvalue weighted by Crippen LogP contribution is -2.44. The van der Waals surface area contributed by atoms with Crippen molar-refractivity contribution in [1.29, 1.82) is 0 Å². The summed E-state index contributed by atoms with van der Waals surface area (Å²) in [5, 5.41) is 1.04. The second-order valence-corrected chi connectivity index (χ2v) is 6.25. The quantitative estimate of drug-likeness (QED) is 0.697. The van der Waals surface area contributed by atoms with E-state index in [4.69, 9.17) is 10.5 Å². The molecule has 0 bridgehead atoms. The highest BCUT2D eigenvalue weighted by molar-refractivity contribution is 7.15. The zero-order valence-electron chi connectivity index (χ0n) is 12.7. The summed E-state index contributed by atoms with van der Waals surface area (Å²) in [6.07, 6.45) is 0. The number of morpholine rings is 1. The lowest BCUT2D eigenvalue weighted by atomic mass is 10.2. The predicted octanol–water partition coefficient (Wildman–Crippen LogP) is 2.27. The Hall–Kier alpha value is -1.92. The molecule has 0 amide bonds. The van der Waals surface area contributed by atoms with Gasteiger partial charge in [-0.1, -0.05) is 30.3 Å². The average molecular weight is 316 g/mol. The van der Waals surface area contributed by atoms with Gasteiger partial charge in [-0.3, -0.25) is 0 Å². The zero-order valence-corrected chi connectivity index (χ0v) is 13.5. The number of guanidine groups is 1. The average Bonchev–Trinajstić information content (AvgIpc) is 2.95. The van der Waals surface area contributed by atoms with E-state index in [1.165, 1.54) is 0 Å². The number of nitrogens with two attached hydrogens (primary N) is 1. The molecule has 1 saturated heterocycles. The molecular weight excluding hydrogens is 296 g/mol. The maximum Gasteiger partial charge on any atom is 0.191 e. The molecule has 1 aromatic heterocycles. The van der Waals surface area contributed by atoms with E-state index in [-0.39, 0.29) is 0 Å². The predicted molar refractivity (Wildman–Crippen MR) is 90.0 cm³/mol. The molecule has 1 aliphatic heterocycles. The standard InChI is InChI=1S/C16H20N4OS/c1-12-14(11-18-16(17)20-7-9-21-10-8-20)22-15(19-12)13-5-3-2-4-6-13/h2-6H,7-11H2,1H3,(H2,17,18). The minimum absolute atomic E-state index is 0.583. The van der Waals surface area contributed by atoms with Crippen molar-refractivity contribution in [3.63, 3.8) is 0 Å². The first-order chi connectivity index (χ1) is 10.7. The zero-order chi connectivity index (χ0) is 15.4. The van der Waals surface area contributed by atoms with Crippen LogP contribution >= 0.6 is 11.3 Å². The Balaban J connectivity index is 1.71. The van der Waals surface area contributed by atoms with Crippen molar-refractivity contribution < 1.29 is 4.74 Å². The number of ether oxygens (including phenoxy) is 1. The summed E-state index contributed by atoms with van der Waals surface area (Å²) in [6.45, 7) is 5.67. The third-order valence-corrected chi connectivity index (χ3v) is 4.82. The van der Waals surface area contributed by atoms with Crippen molar-refractivity contribution >= 4 is 17.3 Å². The van der Waals surface area contributed by atoms with Gasteiger partial charge in [-0.15, -0.1) is 11.3 Å². The summed E-state index contributed by atoms with van der Waals surface area (Å²) in [5.74, 6) is 0.595. The first-order valence-electron chi connectivity index (χ1n) is 7.38. The molecular formula is C16H20N4OS. The number of hydrogen-bond donors (Lipinski definition) is 1. The molecule has 22 heavy (non-hydrogen) atoms. The minimum Gasteiger partial charge on any atom is -0.378 e. The van der Waals surface area contributed by atoms with Crippen LogP contribution in [0.15, 0.2) is 35.3 Å². The van der Waals surface area contributed by atoms with Crippen LogP contribution in [0.3, 0.4) is 0 Å². The van der Waals surface area contributed by atoms with E-state index >= 15 is 0 Å². The molecule has 0 saturated carbocycles. The third kappa shape index (κ3) is 3.45. The molecule has 3 rings (SSSR count). The maximum atomic E-state index is 6.07. The fourth-order valence-electron chi connectivity index (χ4n) is 2.32. The fraction of sp³-hybridized carbons (Fsp3) is 0.375. The number of nitrogens with zero attached hydrogens (tertiary/aromatic N) is 3. The highest BCUT2D eigenvalue weighted by atomic mass is 32.1. The molecule has 5 nitrogen and oxygen atoms in total. The van der Waals surface area contributed by atoms with Crippen LogP contribution in [0.4, 0.5) is 0 Å². The second kappa shape index (κ2) is 6.89. The Kier molecular flexibility index (Phi) is 4.70. The summed E-state index contributed by atoms with van der Waals surface area (Å²) >= 11 is 1.68. The molecule has 1 fully saturated rings. The maximum absolute atomic E-state index is 6.07. The van der Waals surface area contributed by atoms with Crippen molar-refractivity contribution in [2.75, 3.05) is 26.3 Å². The van der Waals surface area contributed by atoms with Gasteiger partial charge in [-0.2, -0.15) is 0 Å². The van der Waals surface area contributed by atoms with E-state index in [0.29, 0.717) is 25.7 Å². The van der Waals surface area contributed by atoms with E-state index in [9.17, 15) is 0 Å². The molecule has 0 atom stereocenters. The van der Waals surface area contributed by atoms with Gasteiger partial charge >= 0.3 is 0 Å². The molecule has 1 aliphatic rings. The molecule has 0 radical (unpaired) electrons. The third-order valence-electron chi connectivity index (χ3n) is 3.63. The van der Waals surface area contributed by atoms with E-state index in [1.54, 1.807) is 11.3 Å². The molecule has 2 aromatic rings. The first-order valence-corrected chi connectivity index (χ1v) is 8.20. The second-order valence-electron chi connectivity index (χ2n) is 5.17. The van der Waals surface area contributed by atoms with E-state index in [1.807, 2.05) is 25.1 Å². The number of aliphatic imine (C=N–C) groups is 1. The van der Waals surface area contributed by atoms with Gasteiger partial charge < -0.3 is 15.4 Å². The van der Waals surface area contributed by atoms with E-state index in [2.05, 4.69) is 27.0 Å². The largest absolute Gasteiger partial charge is 0.378 e. The molecule has 2 N–H and O–H groups in total. The van der Waals surface area contributed by atoms with Gasteiger partial charge in [0.05, 0.1) is 25.5 Å². The Bertz CT molecular complexity index is 647.